The Morgan fingerprint density at radius 3 is 1.87 bits per heavy atom. The van der Waals surface area contributed by atoms with Crippen LogP contribution in [-0.2, 0) is 115 Å². The predicted molar refractivity (Wildman–Crippen MR) is 527 cm³/mol. The number of para-hydroxylation sites is 1. The van der Waals surface area contributed by atoms with Gasteiger partial charge in [0.2, 0.25) is 82.7 Å². The minimum Gasteiger partial charge on any atom is -0.480 e. The minimum absolute atomic E-state index is 0.0394. The number of amides is 14. The second kappa shape index (κ2) is 65.6. The number of nitrogens with zero attached hydrogens (tertiary/aromatic N) is 6. The van der Waals surface area contributed by atoms with E-state index in [4.69, 9.17) is 26.4 Å². The van der Waals surface area contributed by atoms with Crippen LogP contribution in [0.2, 0.25) is 0 Å². The van der Waals surface area contributed by atoms with Gasteiger partial charge in [0.25, 0.3) is 0 Å². The predicted octanol–water partition coefficient (Wildman–Crippen LogP) is -0.921. The third-order valence-electron chi connectivity index (χ3n) is 24.7. The second-order valence-electron chi connectivity index (χ2n) is 36.6. The van der Waals surface area contributed by atoms with E-state index < -0.39 is 263 Å². The molecular weight excluding hydrogens is 1890 g/mol. The van der Waals surface area contributed by atoms with Crippen molar-refractivity contribution < 1.29 is 116 Å². The Hall–Kier alpha value is -13.6. The molecule has 0 aliphatic carbocycles. The number of nitrogens with one attached hydrogen (secondary N) is 16. The van der Waals surface area contributed by atoms with Crippen molar-refractivity contribution in [2.45, 2.75) is 305 Å². The van der Waals surface area contributed by atoms with Gasteiger partial charge in [-0.15, -0.1) is 5.10 Å². The highest BCUT2D eigenvalue weighted by Gasteiger charge is 2.45. The van der Waals surface area contributed by atoms with E-state index in [-0.39, 0.29) is 115 Å². The number of carbonyl (C=O) groups excluding carboxylic acids is 16. The van der Waals surface area contributed by atoms with Crippen LogP contribution in [0.15, 0.2) is 77.6 Å². The SMILES string of the molecule is CCCC[C@H](NC(=O)[C@H](CN(CC(=O)O)CC(=O)O)NC(=O)[C@H](CC1=CCC=N1)NC(=O)[C@H](CCC(N)=O)NC(=O)[C@H](CO)NC(=O)CNC(=O)COCCOCCNC(=O)CCCCCCCCCCCCCCCc1nnn[nH]1)C(=O)N[C@H]1CCC(=O)CCCCC[C@@H](C(C)=O)NC(=O)[C@H](Cc2c[nH]c3ccccc23)NC(=O)[C@H](CCCNC(=N)N)NC(=O)[C@@H](Cc2ccccc2)NC(=O)[C@@H]2C[C@@H](O)CN2C1=O. The Kier molecular flexibility index (Phi) is 53.6. The van der Waals surface area contributed by atoms with Crippen molar-refractivity contribution in [1.82, 2.24) is 105 Å². The summed E-state index contributed by atoms with van der Waals surface area (Å²) in [7, 11) is 0. The van der Waals surface area contributed by atoms with Crippen molar-refractivity contribution in [3.8, 4) is 0 Å². The minimum atomic E-state index is -2.07. The third kappa shape index (κ3) is 45.5. The number of allylic oxidation sites excluding steroid dienone is 1. The number of rotatable bonds is 61. The summed E-state index contributed by atoms with van der Waals surface area (Å²) in [5, 5.41) is 97.8. The van der Waals surface area contributed by atoms with Crippen LogP contribution in [-0.4, -0.2) is 326 Å². The summed E-state index contributed by atoms with van der Waals surface area (Å²) < 4.78 is 10.9. The van der Waals surface area contributed by atoms with Gasteiger partial charge in [0.15, 0.2) is 11.7 Å². The van der Waals surface area contributed by atoms with Crippen molar-refractivity contribution in [3.05, 3.63) is 89.5 Å². The van der Waals surface area contributed by atoms with Crippen molar-refractivity contribution in [1.29, 1.82) is 5.41 Å². The van der Waals surface area contributed by atoms with E-state index in [1.165, 1.54) is 64.5 Å². The number of carboxylic acids is 2. The van der Waals surface area contributed by atoms with Gasteiger partial charge < -0.3 is 120 Å². The van der Waals surface area contributed by atoms with Gasteiger partial charge in [-0.3, -0.25) is 102 Å². The maximum Gasteiger partial charge on any atom is 0.317 e. The fourth-order valence-electron chi connectivity index (χ4n) is 16.9. The molecule has 48 nitrogen and oxygen atoms in total. The first-order chi connectivity index (χ1) is 69.7. The number of aliphatic carboxylic acids is 2. The Balaban J connectivity index is 1.02. The number of unbranched alkanes of at least 4 members (excludes halogenated alkanes) is 13. The Morgan fingerprint density at radius 2 is 1.21 bits per heavy atom. The van der Waals surface area contributed by atoms with E-state index in [1.54, 1.807) is 61.7 Å². The van der Waals surface area contributed by atoms with Gasteiger partial charge in [-0.25, -0.2) is 5.10 Å². The van der Waals surface area contributed by atoms with E-state index >= 15 is 28.8 Å². The average molecular weight is 2030 g/mol. The van der Waals surface area contributed by atoms with Gasteiger partial charge in [-0.1, -0.05) is 158 Å². The number of ether oxygens (including phenoxy) is 2. The first-order valence-electron chi connectivity index (χ1n) is 50.1. The molecule has 2 aromatic heterocycles. The Bertz CT molecular complexity index is 4950. The van der Waals surface area contributed by atoms with Crippen LogP contribution in [0.4, 0.5) is 0 Å². The van der Waals surface area contributed by atoms with Crippen molar-refractivity contribution in [3.63, 3.8) is 0 Å². The number of aromatic amines is 2. The van der Waals surface area contributed by atoms with Crippen LogP contribution in [0.3, 0.4) is 0 Å². The summed E-state index contributed by atoms with van der Waals surface area (Å²) in [5.74, 6) is -17.2. The number of carboxylic acid groups (broad SMARTS) is 2. The number of primary amides is 1. The molecule has 2 aromatic carbocycles. The number of nitrogens with two attached hydrogens (primary N) is 2. The quantitative estimate of drug-likeness (QED) is 0.0144. The maximum atomic E-state index is 15.5. The van der Waals surface area contributed by atoms with Crippen LogP contribution in [0.1, 0.15) is 230 Å². The molecular formula is C97H146N24O24. The summed E-state index contributed by atoms with van der Waals surface area (Å²) in [6.45, 7) is -2.53. The number of aryl methyl sites for hydroxylation is 1. The molecule has 145 heavy (non-hydrogen) atoms. The number of aliphatic hydroxyl groups is 2. The highest BCUT2D eigenvalue weighted by molar-refractivity contribution is 6.01. The lowest BCUT2D eigenvalue weighted by Crippen LogP contribution is -2.62. The topological polar surface area (TPSA) is 728 Å². The molecule has 5 heterocycles. The lowest BCUT2D eigenvalue weighted by Gasteiger charge is -2.31. The van der Waals surface area contributed by atoms with Gasteiger partial charge in [-0.05, 0) is 92.3 Å². The highest BCUT2D eigenvalue weighted by atomic mass is 16.5. The number of H-pyrrole nitrogens is 2. The first-order valence-corrected chi connectivity index (χ1v) is 50.1. The zero-order valence-electron chi connectivity index (χ0n) is 82.7. The number of aliphatic imine (C=N–C) groups is 1. The molecule has 798 valence electrons. The van der Waals surface area contributed by atoms with E-state index in [1.807, 2.05) is 12.1 Å². The summed E-state index contributed by atoms with van der Waals surface area (Å²) in [6, 6.07) is -2.62. The molecule has 4 aromatic rings. The molecule has 0 radical (unpaired) electrons. The smallest absolute Gasteiger partial charge is 0.317 e. The van der Waals surface area contributed by atoms with Crippen LogP contribution < -0.4 is 80.6 Å². The Labute approximate surface area is 841 Å². The number of benzene rings is 2. The maximum absolute atomic E-state index is 15.5. The molecule has 24 N–H and O–H groups in total. The number of Topliss-reactive ketones (excluding diaryl/α,β-unsaturated/α-hetero) is 2. The van der Waals surface area contributed by atoms with Gasteiger partial charge >= 0.3 is 11.9 Å². The fraction of sp³-hybridized carbons (Fsp3) is 0.619. The molecule has 14 amide bonds. The first kappa shape index (κ1) is 118. The van der Waals surface area contributed by atoms with Crippen molar-refractivity contribution >= 4 is 129 Å². The molecule has 2 fully saturated rings. The standard InChI is InChI=1S/C97H146N24O24/c1-3-4-33-70(87(134)111-73-40-39-65(124)31-20-17-21-34-68(61(2)123)107-91(138)75(50-63-53-104-69-35-25-24-32-67(63)69)112-88(135)71(36-27-44-103-97(99)100)108-90(137)74(49-62-28-18-16-19-29-62)114-95(142)79-52-66(125)55-121(79)96(73)143)109-93(140)77(56-120(57-85(130)131)58-86(132)133)115-92(139)76(51-64-30-26-43-101-64)113-89(136)72(41-42-80(98)126)110-94(141)78(59-122)106-83(128)54-105-84(129)60-145-48-47-144-46-45-102-82(127)38-23-15-13-11-9-7-5-6-8-10-12-14-22-37-81-116-118-119-117-81/h16,18-19,24-25,28-30,32,35,43,53,66,68,70-79,104,122,125H,3-15,17,20-23,26-27,31,33-34,36-42,44-52,54-60H2,1-2H3,(H2,98,126)(H,102,127)(H,105,129)(H,106,128)(H,107,138)(H,108,137)(H,109,140)(H,110,141)(H,111,134)(H,112,135)(H,113,136)(H,114,142)(H,115,139)(H,130,131)(H,132,133)(H4,99,100,103)(H,116,117,118,119)/t66-,68+,70+,71+,72+,73+,74-,75+,76+,77+,78+,79+/m1/s1. The molecule has 0 spiro atoms. The zero-order valence-corrected chi connectivity index (χ0v) is 82.7. The second-order valence-corrected chi connectivity index (χ2v) is 36.6. The number of hydrogen-bond acceptors (Lipinski definition) is 28. The number of hydrogen-bond donors (Lipinski definition) is 22. The van der Waals surface area contributed by atoms with Crippen molar-refractivity contribution in [2.75, 3.05) is 78.8 Å². The van der Waals surface area contributed by atoms with E-state index in [0.29, 0.717) is 30.4 Å². The summed E-state index contributed by atoms with van der Waals surface area (Å²) >= 11 is 0. The number of carbonyl (C=O) groups is 18. The number of ketones is 2. The number of aliphatic hydroxyl groups excluding tert-OH is 2. The van der Waals surface area contributed by atoms with Crippen molar-refractivity contribution in [2.24, 2.45) is 16.5 Å². The van der Waals surface area contributed by atoms with Gasteiger partial charge in [0.05, 0.1) is 58.2 Å². The molecule has 2 saturated heterocycles. The summed E-state index contributed by atoms with van der Waals surface area (Å²) in [5.41, 5.74) is 13.1. The van der Waals surface area contributed by atoms with Crippen LogP contribution in [0.5, 0.6) is 0 Å². The van der Waals surface area contributed by atoms with Crippen LogP contribution in [0.25, 0.3) is 10.9 Å². The monoisotopic (exact) mass is 2030 g/mol. The molecule has 12 atom stereocenters. The number of tetrazole rings is 1. The fourth-order valence-corrected chi connectivity index (χ4v) is 16.9. The number of aromatic nitrogens is 5. The lowest BCUT2D eigenvalue weighted by molar-refractivity contribution is -0.144. The molecule has 48 heteroatoms. The summed E-state index contributed by atoms with van der Waals surface area (Å²) in [4.78, 5) is 262. The van der Waals surface area contributed by atoms with Gasteiger partial charge in [-0.2, -0.15) is 0 Å². The van der Waals surface area contributed by atoms with Crippen LogP contribution >= 0.6 is 0 Å². The molecule has 7 rings (SSSR count). The molecule has 3 aliphatic rings. The van der Waals surface area contributed by atoms with Gasteiger partial charge in [0, 0.05) is 119 Å². The van der Waals surface area contributed by atoms with E-state index in [9.17, 15) is 78.0 Å². The normalized spacial score (nSPS) is 18.8. The number of guanidine groups is 1. The highest BCUT2D eigenvalue weighted by Crippen LogP contribution is 2.25. The van der Waals surface area contributed by atoms with E-state index in [0.717, 1.165) is 65.1 Å². The molecule has 0 saturated carbocycles. The Morgan fingerprint density at radius 1 is 0.600 bits per heavy atom. The average Bonchev–Trinajstić information content (AvgIpc) is 1.67. The largest absolute Gasteiger partial charge is 0.480 e. The van der Waals surface area contributed by atoms with Gasteiger partial charge in [0.1, 0.15) is 78.6 Å². The summed E-state index contributed by atoms with van der Waals surface area (Å²) in [6.07, 6.45) is 17.1. The van der Waals surface area contributed by atoms with E-state index in [2.05, 4.69) is 99.7 Å². The molecule has 3 aliphatic heterocycles. The third-order valence-corrected chi connectivity index (χ3v) is 24.7. The van der Waals surface area contributed by atoms with Crippen LogP contribution in [0, 0.1) is 5.41 Å². The molecule has 0 bridgehead atoms. The number of fused-ring (bicyclic) bond motifs is 2. The zero-order chi connectivity index (χ0) is 105. The molecule has 0 unspecified atom stereocenters. The lowest BCUT2D eigenvalue weighted by atomic mass is 9.99.